The normalized spacial score (nSPS) is 10.2. The van der Waals surface area contributed by atoms with Crippen molar-refractivity contribution in [2.75, 3.05) is 13.2 Å². The molecule has 0 spiro atoms. The molecule has 0 aliphatic heterocycles. The molecule has 0 aliphatic carbocycles. The number of hydrogen-bond acceptors (Lipinski definition) is 4. The molecule has 0 aliphatic rings. The summed E-state index contributed by atoms with van der Waals surface area (Å²) in [7, 11) is 0. The van der Waals surface area contributed by atoms with Gasteiger partial charge in [0, 0.05) is 7.14 Å². The molecular formula is C26H34I2O4. The van der Waals surface area contributed by atoms with Gasteiger partial charge < -0.3 is 9.47 Å². The van der Waals surface area contributed by atoms with Gasteiger partial charge in [0.25, 0.3) is 0 Å². The van der Waals surface area contributed by atoms with Crippen LogP contribution in [-0.4, -0.2) is 25.2 Å². The fourth-order valence-electron chi connectivity index (χ4n) is 2.93. The molecule has 0 aromatic heterocycles. The van der Waals surface area contributed by atoms with Crippen LogP contribution in [0.4, 0.5) is 0 Å². The maximum absolute atomic E-state index is 11.6. The second-order valence-corrected chi connectivity index (χ2v) is 9.59. The quantitative estimate of drug-likeness (QED) is 0.194. The van der Waals surface area contributed by atoms with E-state index in [9.17, 15) is 9.59 Å². The van der Waals surface area contributed by atoms with Crippen molar-refractivity contribution in [3.63, 3.8) is 0 Å². The lowest BCUT2D eigenvalue weighted by Crippen LogP contribution is -2.07. The number of esters is 2. The number of halogens is 2. The van der Waals surface area contributed by atoms with Crippen molar-refractivity contribution in [3.8, 4) is 0 Å². The van der Waals surface area contributed by atoms with Crippen molar-refractivity contribution in [2.24, 2.45) is 0 Å². The molecule has 0 atom stereocenters. The Kier molecular flexibility index (Phi) is 14.8. The van der Waals surface area contributed by atoms with Crippen LogP contribution < -0.4 is 0 Å². The van der Waals surface area contributed by atoms with Crippen LogP contribution >= 0.6 is 45.2 Å². The molecule has 6 heteroatoms. The van der Waals surface area contributed by atoms with Gasteiger partial charge in [0.05, 0.1) is 24.3 Å². The maximum atomic E-state index is 11.6. The minimum Gasteiger partial charge on any atom is -0.462 e. The Bertz CT molecular complexity index is 824. The molecule has 0 unspecified atom stereocenters. The van der Waals surface area contributed by atoms with Crippen molar-refractivity contribution in [1.29, 1.82) is 0 Å². The molecular weight excluding hydrogens is 630 g/mol. The highest BCUT2D eigenvalue weighted by Crippen LogP contribution is 2.24. The molecule has 2 aromatic rings. The third-order valence-corrected chi connectivity index (χ3v) is 6.64. The molecule has 0 heterocycles. The number of aryl methyl sites for hydroxylation is 1. The lowest BCUT2D eigenvalue weighted by atomic mass is 10.1. The molecule has 0 N–H and O–H groups in total. The van der Waals surface area contributed by atoms with Crippen LogP contribution in [0.5, 0.6) is 0 Å². The Morgan fingerprint density at radius 2 is 1.19 bits per heavy atom. The fourth-order valence-corrected chi connectivity index (χ4v) is 5.24. The summed E-state index contributed by atoms with van der Waals surface area (Å²) in [5.41, 5.74) is 3.92. The van der Waals surface area contributed by atoms with Gasteiger partial charge in [-0.25, -0.2) is 9.59 Å². The summed E-state index contributed by atoms with van der Waals surface area (Å²) >= 11 is 4.60. The number of ether oxygens (including phenoxy) is 2. The second kappa shape index (κ2) is 16.5. The lowest BCUT2D eigenvalue weighted by Gasteiger charge is -2.09. The Hall–Kier alpha value is -1.16. The zero-order chi connectivity index (χ0) is 23.9. The molecule has 2 rings (SSSR count). The summed E-state index contributed by atoms with van der Waals surface area (Å²) in [6, 6.07) is 11.5. The smallest absolute Gasteiger partial charge is 0.338 e. The van der Waals surface area contributed by atoms with Crippen LogP contribution in [0, 0.1) is 7.14 Å². The topological polar surface area (TPSA) is 52.6 Å². The Morgan fingerprint density at radius 1 is 0.719 bits per heavy atom. The Balaban J connectivity index is 0.000000323. The Morgan fingerprint density at radius 3 is 1.66 bits per heavy atom. The molecule has 0 fully saturated rings. The van der Waals surface area contributed by atoms with Gasteiger partial charge in [-0.05, 0) is 120 Å². The van der Waals surface area contributed by atoms with E-state index in [-0.39, 0.29) is 11.9 Å². The third-order valence-electron chi connectivity index (χ3n) is 4.72. The van der Waals surface area contributed by atoms with E-state index in [0.29, 0.717) is 24.3 Å². The van der Waals surface area contributed by atoms with E-state index in [2.05, 4.69) is 59.0 Å². The monoisotopic (exact) mass is 664 g/mol. The van der Waals surface area contributed by atoms with Gasteiger partial charge in [-0.3, -0.25) is 0 Å². The van der Waals surface area contributed by atoms with E-state index in [1.165, 1.54) is 36.8 Å². The Labute approximate surface area is 220 Å². The molecule has 0 saturated carbocycles. The van der Waals surface area contributed by atoms with E-state index < -0.39 is 0 Å². The number of carbonyl (C=O) groups is 2. The molecule has 4 nitrogen and oxygen atoms in total. The number of unbranched alkanes of at least 4 members (excludes halogenated alkanes) is 2. The van der Waals surface area contributed by atoms with Gasteiger partial charge in [-0.2, -0.15) is 0 Å². The largest absolute Gasteiger partial charge is 0.462 e. The number of carbonyl (C=O) groups excluding carboxylic acids is 2. The molecule has 2 aromatic carbocycles. The highest BCUT2D eigenvalue weighted by atomic mass is 127. The SMILES string of the molecule is CCCCc1c(I)cc(C(=O)OCC)cc1I.CCCCc1ccc(C(=O)OCC)cc1. The van der Waals surface area contributed by atoms with Gasteiger partial charge in [-0.1, -0.05) is 38.8 Å². The number of rotatable bonds is 10. The van der Waals surface area contributed by atoms with Crippen LogP contribution in [-0.2, 0) is 22.3 Å². The van der Waals surface area contributed by atoms with Crippen molar-refractivity contribution in [3.05, 3.63) is 65.8 Å². The molecule has 0 saturated heterocycles. The fraction of sp³-hybridized carbons (Fsp3) is 0.462. The molecule has 0 amide bonds. The first kappa shape index (κ1) is 28.9. The van der Waals surface area contributed by atoms with E-state index in [1.54, 1.807) is 0 Å². The molecule has 176 valence electrons. The van der Waals surface area contributed by atoms with Crippen molar-refractivity contribution >= 4 is 57.1 Å². The zero-order valence-corrected chi connectivity index (χ0v) is 23.8. The predicted molar refractivity (Wildman–Crippen MR) is 147 cm³/mol. The highest BCUT2D eigenvalue weighted by molar-refractivity contribution is 14.1. The average molecular weight is 664 g/mol. The van der Waals surface area contributed by atoms with Crippen molar-refractivity contribution in [1.82, 2.24) is 0 Å². The van der Waals surface area contributed by atoms with Crippen LogP contribution in [0.1, 0.15) is 85.2 Å². The van der Waals surface area contributed by atoms with Crippen LogP contribution in [0.15, 0.2) is 36.4 Å². The molecule has 0 bridgehead atoms. The summed E-state index contributed by atoms with van der Waals surface area (Å²) in [6.07, 6.45) is 6.92. The van der Waals surface area contributed by atoms with Crippen LogP contribution in [0.2, 0.25) is 0 Å². The van der Waals surface area contributed by atoms with Crippen LogP contribution in [0.3, 0.4) is 0 Å². The third kappa shape index (κ3) is 10.2. The first-order valence-electron chi connectivity index (χ1n) is 11.3. The maximum Gasteiger partial charge on any atom is 0.338 e. The van der Waals surface area contributed by atoms with Crippen molar-refractivity contribution < 1.29 is 19.1 Å². The average Bonchev–Trinajstić information content (AvgIpc) is 2.78. The summed E-state index contributed by atoms with van der Waals surface area (Å²) in [5, 5.41) is 0. The van der Waals surface area contributed by atoms with Gasteiger partial charge in [0.15, 0.2) is 0 Å². The first-order valence-corrected chi connectivity index (χ1v) is 13.4. The van der Waals surface area contributed by atoms with E-state index >= 15 is 0 Å². The zero-order valence-electron chi connectivity index (χ0n) is 19.5. The van der Waals surface area contributed by atoms with E-state index in [0.717, 1.165) is 20.0 Å². The lowest BCUT2D eigenvalue weighted by molar-refractivity contribution is 0.0516. The van der Waals surface area contributed by atoms with Gasteiger partial charge in [0.2, 0.25) is 0 Å². The van der Waals surface area contributed by atoms with Gasteiger partial charge in [0.1, 0.15) is 0 Å². The van der Waals surface area contributed by atoms with E-state index in [1.807, 2.05) is 50.2 Å². The summed E-state index contributed by atoms with van der Waals surface area (Å²) in [5.74, 6) is -0.468. The van der Waals surface area contributed by atoms with Gasteiger partial charge >= 0.3 is 11.9 Å². The minimum atomic E-state index is -0.237. The van der Waals surface area contributed by atoms with Gasteiger partial charge in [-0.15, -0.1) is 0 Å². The number of hydrogen-bond donors (Lipinski definition) is 0. The molecule has 32 heavy (non-hydrogen) atoms. The highest BCUT2D eigenvalue weighted by Gasteiger charge is 2.12. The van der Waals surface area contributed by atoms with Crippen LogP contribution in [0.25, 0.3) is 0 Å². The molecule has 0 radical (unpaired) electrons. The predicted octanol–water partition coefficient (Wildman–Crippen LogP) is 7.62. The first-order chi connectivity index (χ1) is 15.4. The summed E-state index contributed by atoms with van der Waals surface area (Å²) < 4.78 is 12.2. The van der Waals surface area contributed by atoms with E-state index in [4.69, 9.17) is 9.47 Å². The minimum absolute atomic E-state index is 0.231. The second-order valence-electron chi connectivity index (χ2n) is 7.26. The van der Waals surface area contributed by atoms with Crippen molar-refractivity contribution in [2.45, 2.75) is 66.2 Å². The summed E-state index contributed by atoms with van der Waals surface area (Å²) in [4.78, 5) is 23.0. The summed E-state index contributed by atoms with van der Waals surface area (Å²) in [6.45, 7) is 8.84. The number of benzene rings is 2. The standard InChI is InChI=1S/C13H16I2O2.C13H18O2/c1-3-5-6-10-11(14)7-9(8-12(10)15)13(16)17-4-2;1-3-5-6-11-7-9-12(10-8-11)13(14)15-4-2/h7-8H,3-6H2,1-2H3;7-10H,3-6H2,1-2H3.